The topological polar surface area (TPSA) is 79.4 Å². The van der Waals surface area contributed by atoms with Crippen LogP contribution in [0, 0.1) is 5.41 Å². The van der Waals surface area contributed by atoms with E-state index < -0.39 is 0 Å². The van der Waals surface area contributed by atoms with E-state index >= 15 is 0 Å². The predicted molar refractivity (Wildman–Crippen MR) is 114 cm³/mol. The lowest BCUT2D eigenvalue weighted by molar-refractivity contribution is 0.115. The first-order chi connectivity index (χ1) is 14.3. The number of likely N-dealkylation sites (tertiary alicyclic amines) is 1. The summed E-state index contributed by atoms with van der Waals surface area (Å²) in [7, 11) is 1.88. The normalized spacial score (nSPS) is 19.9. The SMILES string of the molecule is CN=C(NCCc1noc(-c2ccccn2)n1)N1CCCC2(CCCCCC2)C1. The summed E-state index contributed by atoms with van der Waals surface area (Å²) >= 11 is 0. The Labute approximate surface area is 173 Å². The van der Waals surface area contributed by atoms with Crippen LogP contribution in [0.2, 0.25) is 0 Å². The van der Waals surface area contributed by atoms with Crippen molar-refractivity contribution in [2.24, 2.45) is 10.4 Å². The summed E-state index contributed by atoms with van der Waals surface area (Å²) in [6.07, 6.45) is 13.4. The molecule has 7 heteroatoms. The Bertz CT molecular complexity index is 795. The maximum Gasteiger partial charge on any atom is 0.276 e. The van der Waals surface area contributed by atoms with Gasteiger partial charge < -0.3 is 14.7 Å². The molecule has 0 atom stereocenters. The lowest BCUT2D eigenvalue weighted by Gasteiger charge is -2.44. The maximum atomic E-state index is 5.35. The molecule has 1 saturated heterocycles. The van der Waals surface area contributed by atoms with Crippen LogP contribution in [0.25, 0.3) is 11.6 Å². The Morgan fingerprint density at radius 2 is 2.00 bits per heavy atom. The number of nitrogens with zero attached hydrogens (tertiary/aromatic N) is 5. The minimum absolute atomic E-state index is 0.469. The molecule has 1 aliphatic carbocycles. The van der Waals surface area contributed by atoms with Crippen LogP contribution in [-0.2, 0) is 6.42 Å². The van der Waals surface area contributed by atoms with Gasteiger partial charge in [0.25, 0.3) is 5.89 Å². The molecule has 0 bridgehead atoms. The largest absolute Gasteiger partial charge is 0.356 e. The minimum Gasteiger partial charge on any atom is -0.356 e. The second-order valence-electron chi connectivity index (χ2n) is 8.39. The molecule has 7 nitrogen and oxygen atoms in total. The summed E-state index contributed by atoms with van der Waals surface area (Å²) in [6.45, 7) is 2.96. The molecule has 0 aromatic carbocycles. The standard InChI is InChI=1S/C22H32N6O/c1-23-21(28-16-8-13-22(17-28)11-5-2-3-6-12-22)25-15-10-19-26-20(29-27-19)18-9-4-7-14-24-18/h4,7,9,14H,2-3,5-6,8,10-13,15-17H2,1H3,(H,23,25). The van der Waals surface area contributed by atoms with E-state index in [2.05, 4.69) is 30.3 Å². The summed E-state index contributed by atoms with van der Waals surface area (Å²) in [4.78, 5) is 15.7. The van der Waals surface area contributed by atoms with Gasteiger partial charge in [-0.05, 0) is 43.2 Å². The molecule has 0 radical (unpaired) electrons. The minimum atomic E-state index is 0.469. The van der Waals surface area contributed by atoms with Crippen LogP contribution in [0.3, 0.4) is 0 Å². The van der Waals surface area contributed by atoms with E-state index in [1.165, 1.54) is 51.4 Å². The van der Waals surface area contributed by atoms with E-state index in [0.717, 1.165) is 25.6 Å². The zero-order valence-electron chi connectivity index (χ0n) is 17.4. The first-order valence-corrected chi connectivity index (χ1v) is 11.0. The number of rotatable bonds is 4. The predicted octanol–water partition coefficient (Wildman–Crippen LogP) is 3.69. The fourth-order valence-corrected chi connectivity index (χ4v) is 4.84. The highest BCUT2D eigenvalue weighted by Crippen LogP contribution is 2.42. The highest BCUT2D eigenvalue weighted by molar-refractivity contribution is 5.80. The molecule has 1 N–H and O–H groups in total. The molecule has 2 aliphatic rings. The molecule has 3 heterocycles. The van der Waals surface area contributed by atoms with Gasteiger partial charge in [-0.25, -0.2) is 0 Å². The molecular weight excluding hydrogens is 364 g/mol. The Hall–Kier alpha value is -2.44. The zero-order valence-corrected chi connectivity index (χ0v) is 17.4. The Balaban J connectivity index is 1.31. The van der Waals surface area contributed by atoms with E-state index in [1.54, 1.807) is 6.20 Å². The molecular formula is C22H32N6O. The summed E-state index contributed by atoms with van der Waals surface area (Å²) < 4.78 is 5.35. The maximum absolute atomic E-state index is 5.35. The highest BCUT2D eigenvalue weighted by Gasteiger charge is 2.36. The fourth-order valence-electron chi connectivity index (χ4n) is 4.84. The highest BCUT2D eigenvalue weighted by atomic mass is 16.5. The third kappa shape index (κ3) is 4.95. The van der Waals surface area contributed by atoms with Gasteiger partial charge in [0, 0.05) is 39.3 Å². The summed E-state index contributed by atoms with van der Waals surface area (Å²) in [5.41, 5.74) is 1.20. The van der Waals surface area contributed by atoms with Crippen LogP contribution in [0.15, 0.2) is 33.9 Å². The molecule has 29 heavy (non-hydrogen) atoms. The van der Waals surface area contributed by atoms with Crippen molar-refractivity contribution in [2.45, 2.75) is 57.8 Å². The number of guanidine groups is 1. The molecule has 1 spiro atoms. The molecule has 1 saturated carbocycles. The summed E-state index contributed by atoms with van der Waals surface area (Å²) in [5, 5.41) is 7.60. The first kappa shape index (κ1) is 19.9. The van der Waals surface area contributed by atoms with Gasteiger partial charge >= 0.3 is 0 Å². The van der Waals surface area contributed by atoms with Crippen LogP contribution in [0.4, 0.5) is 0 Å². The lowest BCUT2D eigenvalue weighted by Crippen LogP contribution is -2.50. The number of hydrogen-bond donors (Lipinski definition) is 1. The Morgan fingerprint density at radius 1 is 1.17 bits per heavy atom. The van der Waals surface area contributed by atoms with Gasteiger partial charge in [0.1, 0.15) is 5.69 Å². The number of piperidine rings is 1. The lowest BCUT2D eigenvalue weighted by atomic mass is 9.74. The van der Waals surface area contributed by atoms with Crippen molar-refractivity contribution >= 4 is 5.96 Å². The number of aliphatic imine (C=N–C) groups is 1. The van der Waals surface area contributed by atoms with Gasteiger partial charge in [0.05, 0.1) is 0 Å². The van der Waals surface area contributed by atoms with Crippen molar-refractivity contribution in [2.75, 3.05) is 26.7 Å². The molecule has 156 valence electrons. The fraction of sp³-hybridized carbons (Fsp3) is 0.636. The van der Waals surface area contributed by atoms with Crippen molar-refractivity contribution in [1.82, 2.24) is 25.3 Å². The third-order valence-electron chi connectivity index (χ3n) is 6.32. The van der Waals surface area contributed by atoms with Crippen molar-refractivity contribution in [1.29, 1.82) is 0 Å². The Kier molecular flexibility index (Phi) is 6.42. The third-order valence-corrected chi connectivity index (χ3v) is 6.32. The van der Waals surface area contributed by atoms with Crippen LogP contribution in [-0.4, -0.2) is 52.7 Å². The van der Waals surface area contributed by atoms with Gasteiger partial charge in [-0.15, -0.1) is 0 Å². The number of hydrogen-bond acceptors (Lipinski definition) is 5. The molecule has 0 amide bonds. The summed E-state index contributed by atoms with van der Waals surface area (Å²) in [5.74, 6) is 2.16. The van der Waals surface area contributed by atoms with E-state index in [9.17, 15) is 0 Å². The second-order valence-corrected chi connectivity index (χ2v) is 8.39. The zero-order chi connectivity index (χ0) is 19.9. The van der Waals surface area contributed by atoms with Gasteiger partial charge in [-0.3, -0.25) is 9.98 Å². The number of pyridine rings is 1. The molecule has 2 fully saturated rings. The van der Waals surface area contributed by atoms with Crippen LogP contribution >= 0.6 is 0 Å². The van der Waals surface area contributed by atoms with Crippen molar-refractivity contribution in [3.8, 4) is 11.6 Å². The monoisotopic (exact) mass is 396 g/mol. The number of aromatic nitrogens is 3. The van der Waals surface area contributed by atoms with Gasteiger partial charge in [-0.2, -0.15) is 4.98 Å². The van der Waals surface area contributed by atoms with Gasteiger partial charge in [0.15, 0.2) is 11.8 Å². The van der Waals surface area contributed by atoms with Crippen molar-refractivity contribution < 1.29 is 4.52 Å². The van der Waals surface area contributed by atoms with Crippen LogP contribution in [0.1, 0.15) is 57.2 Å². The van der Waals surface area contributed by atoms with Crippen LogP contribution in [0.5, 0.6) is 0 Å². The van der Waals surface area contributed by atoms with E-state index in [4.69, 9.17) is 4.52 Å². The van der Waals surface area contributed by atoms with Crippen molar-refractivity contribution in [3.63, 3.8) is 0 Å². The smallest absolute Gasteiger partial charge is 0.276 e. The average Bonchev–Trinajstić information content (AvgIpc) is 3.13. The van der Waals surface area contributed by atoms with E-state index in [1.807, 2.05) is 25.2 Å². The Morgan fingerprint density at radius 3 is 2.76 bits per heavy atom. The van der Waals surface area contributed by atoms with Crippen molar-refractivity contribution in [3.05, 3.63) is 30.2 Å². The van der Waals surface area contributed by atoms with Gasteiger partial charge in [0.2, 0.25) is 0 Å². The molecule has 1 aliphatic heterocycles. The molecule has 0 unspecified atom stereocenters. The summed E-state index contributed by atoms with van der Waals surface area (Å²) in [6, 6.07) is 5.66. The van der Waals surface area contributed by atoms with Gasteiger partial charge in [-0.1, -0.05) is 36.9 Å². The quantitative estimate of drug-likeness (QED) is 0.627. The molecule has 2 aromatic rings. The first-order valence-electron chi connectivity index (χ1n) is 11.0. The molecule has 2 aromatic heterocycles. The average molecular weight is 397 g/mol. The van der Waals surface area contributed by atoms with E-state index in [0.29, 0.717) is 29.2 Å². The van der Waals surface area contributed by atoms with E-state index in [-0.39, 0.29) is 0 Å². The molecule has 4 rings (SSSR count). The number of nitrogens with one attached hydrogen (secondary N) is 1. The van der Waals surface area contributed by atoms with Crippen LogP contribution < -0.4 is 5.32 Å². The second kappa shape index (κ2) is 9.37.